The molecule has 0 aromatic heterocycles. The van der Waals surface area contributed by atoms with Crippen LogP contribution in [0.5, 0.6) is 11.5 Å². The Kier molecular flexibility index (Phi) is 6.82. The van der Waals surface area contributed by atoms with Crippen molar-refractivity contribution in [2.45, 2.75) is 51.0 Å². The highest BCUT2D eigenvalue weighted by Gasteiger charge is 2.55. The van der Waals surface area contributed by atoms with Gasteiger partial charge in [0.15, 0.2) is 5.60 Å². The Morgan fingerprint density at radius 1 is 0.711 bits per heavy atom. The molecular formula is C40H36N2O3. The number of ether oxygens (including phenoxy) is 2. The topological polar surface area (TPSA) is 59.6 Å². The Labute approximate surface area is 264 Å². The first-order valence-corrected chi connectivity index (χ1v) is 16.1. The highest BCUT2D eigenvalue weighted by Crippen LogP contribution is 2.59. The largest absolute Gasteiger partial charge is 0.456 e. The fraction of sp³-hybridized carbons (Fsp3) is 0.225. The standard InChI is InChI=1S/C40H36N2O3/c1-26-22-37-33(25-35(26)41-29-15-6-3-7-16-29)40(32-19-9-8-18-31(32)39(43)45-40)38-34(20-11-21-36(38)44-37)42-30-17-10-14-28(24-30)23-27-12-4-2-5-13-27/h3,6-11,14-22,24-25,27,41-42H,2,4-5,12-13,23H2,1H3. The van der Waals surface area contributed by atoms with E-state index in [-0.39, 0.29) is 5.97 Å². The Balaban J connectivity index is 1.26. The second kappa shape index (κ2) is 11.2. The van der Waals surface area contributed by atoms with Gasteiger partial charge >= 0.3 is 5.97 Å². The molecule has 0 amide bonds. The van der Waals surface area contributed by atoms with E-state index in [0.717, 1.165) is 57.3 Å². The Bertz CT molecular complexity index is 1910. The van der Waals surface area contributed by atoms with Crippen molar-refractivity contribution in [3.63, 3.8) is 0 Å². The third-order valence-electron chi connectivity index (χ3n) is 9.58. The van der Waals surface area contributed by atoms with E-state index in [4.69, 9.17) is 9.47 Å². The molecule has 1 atom stereocenters. The molecule has 1 aliphatic carbocycles. The SMILES string of the molecule is Cc1cc2c(cc1Nc1ccccc1)C1(OC(=O)c3ccccc31)c1c(Nc3cccc(CC4CCCCC4)c3)cccc1O2. The second-order valence-electron chi connectivity index (χ2n) is 12.6. The van der Waals surface area contributed by atoms with E-state index in [1.54, 1.807) is 0 Å². The van der Waals surface area contributed by atoms with Crippen LogP contribution < -0.4 is 15.4 Å². The molecule has 224 valence electrons. The van der Waals surface area contributed by atoms with Crippen LogP contribution in [-0.2, 0) is 16.8 Å². The maximum atomic E-state index is 13.6. The highest BCUT2D eigenvalue weighted by atomic mass is 16.6. The van der Waals surface area contributed by atoms with E-state index in [0.29, 0.717) is 17.1 Å². The molecule has 1 spiro atoms. The van der Waals surface area contributed by atoms with Crippen molar-refractivity contribution in [3.8, 4) is 11.5 Å². The van der Waals surface area contributed by atoms with Crippen LogP contribution in [0.1, 0.15) is 70.3 Å². The molecule has 8 rings (SSSR count). The van der Waals surface area contributed by atoms with E-state index in [9.17, 15) is 4.79 Å². The predicted octanol–water partition coefficient (Wildman–Crippen LogP) is 10.2. The Hall–Kier alpha value is -5.03. The molecule has 5 aromatic rings. The van der Waals surface area contributed by atoms with Crippen molar-refractivity contribution < 1.29 is 14.3 Å². The highest BCUT2D eigenvalue weighted by molar-refractivity contribution is 5.98. The number of hydrogen-bond acceptors (Lipinski definition) is 5. The quantitative estimate of drug-likeness (QED) is 0.192. The zero-order valence-corrected chi connectivity index (χ0v) is 25.4. The summed E-state index contributed by atoms with van der Waals surface area (Å²) in [6.45, 7) is 2.06. The lowest BCUT2D eigenvalue weighted by atomic mass is 9.76. The van der Waals surface area contributed by atoms with Crippen LogP contribution in [0.4, 0.5) is 22.7 Å². The smallest absolute Gasteiger partial charge is 0.340 e. The van der Waals surface area contributed by atoms with Gasteiger partial charge in [-0.15, -0.1) is 0 Å². The van der Waals surface area contributed by atoms with Crippen molar-refractivity contribution in [1.82, 2.24) is 0 Å². The average Bonchev–Trinajstić information content (AvgIpc) is 3.35. The van der Waals surface area contributed by atoms with Gasteiger partial charge in [-0.25, -0.2) is 4.79 Å². The van der Waals surface area contributed by atoms with Gasteiger partial charge in [0.25, 0.3) is 0 Å². The summed E-state index contributed by atoms with van der Waals surface area (Å²) in [6.07, 6.45) is 7.77. The van der Waals surface area contributed by atoms with Crippen LogP contribution in [0, 0.1) is 12.8 Å². The number of para-hydroxylation sites is 1. The molecule has 5 aromatic carbocycles. The van der Waals surface area contributed by atoms with Gasteiger partial charge in [-0.05, 0) is 85.0 Å². The summed E-state index contributed by atoms with van der Waals surface area (Å²) in [5.74, 6) is 1.75. The van der Waals surface area contributed by atoms with Crippen LogP contribution in [0.2, 0.25) is 0 Å². The molecule has 1 unspecified atom stereocenters. The number of anilines is 4. The minimum atomic E-state index is -1.19. The number of rotatable bonds is 6. The lowest BCUT2D eigenvalue weighted by Crippen LogP contribution is -2.34. The van der Waals surface area contributed by atoms with E-state index < -0.39 is 5.60 Å². The number of benzene rings is 5. The number of nitrogens with one attached hydrogen (secondary N) is 2. The molecule has 2 aliphatic heterocycles. The summed E-state index contributed by atoms with van der Waals surface area (Å²) in [6, 6.07) is 36.7. The Morgan fingerprint density at radius 2 is 1.47 bits per heavy atom. The van der Waals surface area contributed by atoms with Gasteiger partial charge in [0, 0.05) is 28.2 Å². The van der Waals surface area contributed by atoms with E-state index in [1.165, 1.54) is 37.7 Å². The summed E-state index contributed by atoms with van der Waals surface area (Å²) in [5, 5.41) is 7.29. The van der Waals surface area contributed by atoms with Crippen LogP contribution in [0.25, 0.3) is 0 Å². The maximum Gasteiger partial charge on any atom is 0.340 e. The molecule has 0 bridgehead atoms. The number of hydrogen-bond donors (Lipinski definition) is 2. The van der Waals surface area contributed by atoms with Crippen molar-refractivity contribution in [1.29, 1.82) is 0 Å². The number of fused-ring (bicyclic) bond motifs is 6. The second-order valence-corrected chi connectivity index (χ2v) is 12.6. The third kappa shape index (κ3) is 4.83. The van der Waals surface area contributed by atoms with Gasteiger partial charge in [0.2, 0.25) is 0 Å². The fourth-order valence-electron chi connectivity index (χ4n) is 7.45. The zero-order chi connectivity index (χ0) is 30.4. The van der Waals surface area contributed by atoms with Gasteiger partial charge in [0.1, 0.15) is 11.5 Å². The summed E-state index contributed by atoms with van der Waals surface area (Å²) in [7, 11) is 0. The van der Waals surface area contributed by atoms with E-state index in [1.807, 2.05) is 72.8 Å². The van der Waals surface area contributed by atoms with Crippen molar-refractivity contribution in [2.24, 2.45) is 5.92 Å². The van der Waals surface area contributed by atoms with Crippen molar-refractivity contribution in [3.05, 3.63) is 143 Å². The van der Waals surface area contributed by atoms with Gasteiger partial charge in [-0.2, -0.15) is 0 Å². The molecule has 3 aliphatic rings. The number of esters is 1. The van der Waals surface area contributed by atoms with Crippen LogP contribution >= 0.6 is 0 Å². The first-order valence-electron chi connectivity index (χ1n) is 16.1. The molecule has 1 saturated carbocycles. The number of carbonyl (C=O) groups is 1. The summed E-state index contributed by atoms with van der Waals surface area (Å²) >= 11 is 0. The first kappa shape index (κ1) is 27.5. The molecule has 5 nitrogen and oxygen atoms in total. The number of carbonyl (C=O) groups excluding carboxylic acids is 1. The summed E-state index contributed by atoms with van der Waals surface area (Å²) < 4.78 is 13.2. The first-order chi connectivity index (χ1) is 22.1. The zero-order valence-electron chi connectivity index (χ0n) is 25.4. The van der Waals surface area contributed by atoms with Crippen LogP contribution in [-0.4, -0.2) is 5.97 Å². The maximum absolute atomic E-state index is 13.6. The minimum Gasteiger partial charge on any atom is -0.456 e. The minimum absolute atomic E-state index is 0.341. The molecule has 45 heavy (non-hydrogen) atoms. The molecule has 0 saturated heterocycles. The lowest BCUT2D eigenvalue weighted by Gasteiger charge is -2.38. The normalized spacial score (nSPS) is 18.4. The van der Waals surface area contributed by atoms with Crippen LogP contribution in [0.15, 0.2) is 109 Å². The molecule has 0 radical (unpaired) electrons. The molecule has 2 heterocycles. The van der Waals surface area contributed by atoms with E-state index in [2.05, 4.69) is 54.0 Å². The summed E-state index contributed by atoms with van der Waals surface area (Å²) in [4.78, 5) is 13.6. The van der Waals surface area contributed by atoms with Gasteiger partial charge in [-0.3, -0.25) is 0 Å². The average molecular weight is 593 g/mol. The van der Waals surface area contributed by atoms with Crippen molar-refractivity contribution >= 4 is 28.7 Å². The molecule has 5 heteroatoms. The predicted molar refractivity (Wildman–Crippen MR) is 179 cm³/mol. The van der Waals surface area contributed by atoms with Gasteiger partial charge in [-0.1, -0.05) is 86.7 Å². The third-order valence-corrected chi connectivity index (χ3v) is 9.58. The Morgan fingerprint density at radius 3 is 2.33 bits per heavy atom. The lowest BCUT2D eigenvalue weighted by molar-refractivity contribution is 0.0227. The van der Waals surface area contributed by atoms with Gasteiger partial charge in [0.05, 0.1) is 16.8 Å². The van der Waals surface area contributed by atoms with E-state index >= 15 is 0 Å². The van der Waals surface area contributed by atoms with Crippen LogP contribution in [0.3, 0.4) is 0 Å². The molecule has 2 N–H and O–H groups in total. The van der Waals surface area contributed by atoms with Crippen molar-refractivity contribution in [2.75, 3.05) is 10.6 Å². The monoisotopic (exact) mass is 592 g/mol. The summed E-state index contributed by atoms with van der Waals surface area (Å²) in [5.41, 5.74) is 7.89. The molecule has 1 fully saturated rings. The van der Waals surface area contributed by atoms with Gasteiger partial charge < -0.3 is 20.1 Å². The fourth-order valence-corrected chi connectivity index (χ4v) is 7.45. The molecular weight excluding hydrogens is 556 g/mol. The number of aryl methyl sites for hydroxylation is 1.